The summed E-state index contributed by atoms with van der Waals surface area (Å²) < 4.78 is 21.2. The number of amides is 3. The maximum absolute atomic E-state index is 12.9. The predicted molar refractivity (Wildman–Crippen MR) is 127 cm³/mol. The van der Waals surface area contributed by atoms with Crippen molar-refractivity contribution in [2.24, 2.45) is 5.41 Å². The van der Waals surface area contributed by atoms with Crippen molar-refractivity contribution in [1.82, 2.24) is 10.2 Å². The van der Waals surface area contributed by atoms with Crippen molar-refractivity contribution in [1.29, 1.82) is 0 Å². The Morgan fingerprint density at radius 1 is 1.06 bits per heavy atom. The molecule has 0 bridgehead atoms. The van der Waals surface area contributed by atoms with Crippen molar-refractivity contribution in [3.8, 4) is 23.0 Å². The van der Waals surface area contributed by atoms with Crippen molar-refractivity contribution in [3.63, 3.8) is 0 Å². The van der Waals surface area contributed by atoms with Crippen molar-refractivity contribution in [2.75, 3.05) is 39.4 Å². The highest BCUT2D eigenvalue weighted by atomic mass is 35.5. The molecule has 1 fully saturated rings. The molecule has 2 heterocycles. The van der Waals surface area contributed by atoms with Gasteiger partial charge in [0, 0.05) is 31.1 Å². The summed E-state index contributed by atoms with van der Waals surface area (Å²) >= 11 is 6.20. The fourth-order valence-electron chi connectivity index (χ4n) is 4.03. The summed E-state index contributed by atoms with van der Waals surface area (Å²) in [6.07, 6.45) is 1.10. The van der Waals surface area contributed by atoms with Gasteiger partial charge < -0.3 is 34.5 Å². The molecule has 0 aliphatic carbocycles. The summed E-state index contributed by atoms with van der Waals surface area (Å²) in [5, 5.41) is 6.23. The van der Waals surface area contributed by atoms with Gasteiger partial charge in [0.1, 0.15) is 11.5 Å². The van der Waals surface area contributed by atoms with Crippen LogP contribution in [0.3, 0.4) is 0 Å². The lowest BCUT2D eigenvalue weighted by molar-refractivity contribution is -0.132. The van der Waals surface area contributed by atoms with E-state index in [0.29, 0.717) is 66.2 Å². The molecule has 3 amide bonds. The second-order valence-corrected chi connectivity index (χ2v) is 8.94. The number of nitrogens with zero attached hydrogens (tertiary/aromatic N) is 1. The number of fused-ring (bicyclic) bond motifs is 1. The molecule has 182 valence electrons. The number of piperidine rings is 1. The van der Waals surface area contributed by atoms with Gasteiger partial charge in [-0.1, -0.05) is 24.6 Å². The van der Waals surface area contributed by atoms with Gasteiger partial charge in [-0.3, -0.25) is 4.79 Å². The lowest BCUT2D eigenvalue weighted by Crippen LogP contribution is -2.49. The molecule has 0 aromatic heterocycles. The van der Waals surface area contributed by atoms with E-state index in [-0.39, 0.29) is 18.7 Å². The molecule has 10 heteroatoms. The largest absolute Gasteiger partial charge is 0.495 e. The molecular weight excluding hydrogens is 462 g/mol. The van der Waals surface area contributed by atoms with Crippen LogP contribution in [-0.4, -0.2) is 50.9 Å². The SMILES string of the molecule is COc1cc(OC)c(NC(=O)N2CCC(C)(C(=O)NCc3ccc4c(c3)OCO4)CC2)cc1Cl. The number of carbonyl (C=O) groups excluding carboxylic acids is 2. The van der Waals surface area contributed by atoms with Gasteiger partial charge in [-0.05, 0) is 36.6 Å². The van der Waals surface area contributed by atoms with Crippen molar-refractivity contribution < 1.29 is 28.5 Å². The zero-order valence-electron chi connectivity index (χ0n) is 19.4. The summed E-state index contributed by atoms with van der Waals surface area (Å²) in [5.41, 5.74) is 0.826. The lowest BCUT2D eigenvalue weighted by atomic mass is 9.79. The molecule has 34 heavy (non-hydrogen) atoms. The van der Waals surface area contributed by atoms with E-state index in [0.717, 1.165) is 5.56 Å². The van der Waals surface area contributed by atoms with E-state index in [1.54, 1.807) is 17.0 Å². The smallest absolute Gasteiger partial charge is 0.321 e. The van der Waals surface area contributed by atoms with Gasteiger partial charge in [0.15, 0.2) is 11.5 Å². The highest BCUT2D eigenvalue weighted by molar-refractivity contribution is 6.32. The number of hydrogen-bond acceptors (Lipinski definition) is 6. The minimum Gasteiger partial charge on any atom is -0.495 e. The number of carbonyl (C=O) groups is 2. The van der Waals surface area contributed by atoms with Gasteiger partial charge in [0.2, 0.25) is 12.7 Å². The van der Waals surface area contributed by atoms with Gasteiger partial charge in [-0.25, -0.2) is 4.79 Å². The zero-order chi connectivity index (χ0) is 24.3. The van der Waals surface area contributed by atoms with Crippen LogP contribution in [0.1, 0.15) is 25.3 Å². The van der Waals surface area contributed by atoms with Crippen LogP contribution in [0.15, 0.2) is 30.3 Å². The number of nitrogens with one attached hydrogen (secondary N) is 2. The molecule has 0 radical (unpaired) electrons. The van der Waals surface area contributed by atoms with E-state index < -0.39 is 5.41 Å². The van der Waals surface area contributed by atoms with Crippen LogP contribution in [0.25, 0.3) is 0 Å². The molecular formula is C24H28ClN3O6. The first kappa shape index (κ1) is 23.8. The van der Waals surface area contributed by atoms with Crippen LogP contribution in [0, 0.1) is 5.41 Å². The maximum Gasteiger partial charge on any atom is 0.321 e. The quantitative estimate of drug-likeness (QED) is 0.635. The minimum atomic E-state index is -0.561. The van der Waals surface area contributed by atoms with Crippen LogP contribution < -0.4 is 29.6 Å². The molecule has 0 unspecified atom stereocenters. The van der Waals surface area contributed by atoms with Crippen LogP contribution in [0.2, 0.25) is 5.02 Å². The molecule has 2 aliphatic heterocycles. The summed E-state index contributed by atoms with van der Waals surface area (Å²) in [6, 6.07) is 8.56. The van der Waals surface area contributed by atoms with Crippen LogP contribution in [-0.2, 0) is 11.3 Å². The van der Waals surface area contributed by atoms with Crippen LogP contribution in [0.5, 0.6) is 23.0 Å². The molecule has 2 aromatic rings. The third-order valence-electron chi connectivity index (χ3n) is 6.31. The first-order valence-electron chi connectivity index (χ1n) is 11.0. The fraction of sp³-hybridized carbons (Fsp3) is 0.417. The number of benzene rings is 2. The molecule has 1 saturated heterocycles. The Morgan fingerprint density at radius 3 is 2.47 bits per heavy atom. The normalized spacial score (nSPS) is 16.1. The predicted octanol–water partition coefficient (Wildman–Crippen LogP) is 4.04. The number of urea groups is 1. The Labute approximate surface area is 203 Å². The van der Waals surface area contributed by atoms with Gasteiger partial charge in [-0.2, -0.15) is 0 Å². The van der Waals surface area contributed by atoms with E-state index >= 15 is 0 Å². The maximum atomic E-state index is 12.9. The summed E-state index contributed by atoms with van der Waals surface area (Å²) in [5.74, 6) is 2.26. The number of halogens is 1. The number of methoxy groups -OCH3 is 2. The monoisotopic (exact) mass is 489 g/mol. The molecule has 2 aliphatic rings. The number of anilines is 1. The Balaban J connectivity index is 1.31. The Bertz CT molecular complexity index is 1080. The number of ether oxygens (including phenoxy) is 4. The number of rotatable bonds is 6. The summed E-state index contributed by atoms with van der Waals surface area (Å²) in [6.45, 7) is 3.44. The van der Waals surface area contributed by atoms with E-state index in [2.05, 4.69) is 10.6 Å². The molecule has 4 rings (SSSR count). The van der Waals surface area contributed by atoms with E-state index in [1.165, 1.54) is 14.2 Å². The van der Waals surface area contributed by atoms with E-state index in [1.807, 2.05) is 25.1 Å². The number of hydrogen-bond donors (Lipinski definition) is 2. The molecule has 0 atom stereocenters. The van der Waals surface area contributed by atoms with Crippen molar-refractivity contribution in [2.45, 2.75) is 26.3 Å². The Hall–Kier alpha value is -3.33. The second-order valence-electron chi connectivity index (χ2n) is 8.54. The highest BCUT2D eigenvalue weighted by Gasteiger charge is 2.38. The lowest BCUT2D eigenvalue weighted by Gasteiger charge is -2.38. The van der Waals surface area contributed by atoms with Crippen LogP contribution in [0.4, 0.5) is 10.5 Å². The fourth-order valence-corrected chi connectivity index (χ4v) is 4.27. The Morgan fingerprint density at radius 2 is 1.76 bits per heavy atom. The molecule has 9 nitrogen and oxygen atoms in total. The zero-order valence-corrected chi connectivity index (χ0v) is 20.2. The van der Waals surface area contributed by atoms with Gasteiger partial charge in [-0.15, -0.1) is 0 Å². The summed E-state index contributed by atoms with van der Waals surface area (Å²) in [7, 11) is 3.02. The van der Waals surface area contributed by atoms with Gasteiger partial charge >= 0.3 is 6.03 Å². The third-order valence-corrected chi connectivity index (χ3v) is 6.60. The second kappa shape index (κ2) is 9.89. The topological polar surface area (TPSA) is 98.4 Å². The first-order chi connectivity index (χ1) is 16.3. The van der Waals surface area contributed by atoms with Gasteiger partial charge in [0.05, 0.1) is 24.9 Å². The molecule has 2 N–H and O–H groups in total. The molecule has 2 aromatic carbocycles. The minimum absolute atomic E-state index is 0.0335. The number of likely N-dealkylation sites (tertiary alicyclic amines) is 1. The average molecular weight is 490 g/mol. The molecule has 0 spiro atoms. The Kier molecular flexibility index (Phi) is 6.92. The summed E-state index contributed by atoms with van der Waals surface area (Å²) in [4.78, 5) is 27.5. The average Bonchev–Trinajstić information content (AvgIpc) is 3.31. The van der Waals surface area contributed by atoms with Crippen molar-refractivity contribution >= 4 is 29.2 Å². The first-order valence-corrected chi connectivity index (χ1v) is 11.3. The van der Waals surface area contributed by atoms with Crippen molar-refractivity contribution in [3.05, 3.63) is 40.9 Å². The standard InChI is InChI=1S/C24H28ClN3O6/c1-24(22(29)26-13-15-4-5-18-21(10-15)34-14-33-18)6-8-28(9-7-24)23(30)27-17-11-16(25)19(31-2)12-20(17)32-3/h4-5,10-12H,6-9,13-14H2,1-3H3,(H,26,29)(H,27,30). The van der Waals surface area contributed by atoms with Gasteiger partial charge in [0.25, 0.3) is 0 Å². The van der Waals surface area contributed by atoms with E-state index in [9.17, 15) is 9.59 Å². The highest BCUT2D eigenvalue weighted by Crippen LogP contribution is 2.37. The van der Waals surface area contributed by atoms with Crippen LogP contribution >= 0.6 is 11.6 Å². The van der Waals surface area contributed by atoms with E-state index in [4.69, 9.17) is 30.5 Å². The third kappa shape index (κ3) is 4.94. The molecule has 0 saturated carbocycles.